The maximum absolute atomic E-state index is 13.1. The average molecular weight is 621 g/mol. The molecule has 1 aromatic heterocycles. The number of rotatable bonds is 10. The highest BCUT2D eigenvalue weighted by molar-refractivity contribution is 6.33. The Kier molecular flexibility index (Phi) is 9.48. The van der Waals surface area contributed by atoms with E-state index in [0.29, 0.717) is 70.2 Å². The summed E-state index contributed by atoms with van der Waals surface area (Å²) < 4.78 is 37.6. The van der Waals surface area contributed by atoms with Crippen molar-refractivity contribution in [2.45, 2.75) is 32.2 Å². The third-order valence-electron chi connectivity index (χ3n) is 7.55. The fourth-order valence-corrected chi connectivity index (χ4v) is 5.58. The number of nitrogens with one attached hydrogen (secondary N) is 2. The van der Waals surface area contributed by atoms with E-state index >= 15 is 0 Å². The zero-order valence-corrected chi connectivity index (χ0v) is 25.0. The van der Waals surface area contributed by atoms with Gasteiger partial charge in [-0.1, -0.05) is 30.2 Å². The van der Waals surface area contributed by atoms with Gasteiger partial charge < -0.3 is 34.5 Å². The second-order valence-corrected chi connectivity index (χ2v) is 11.1. The number of carbonyl (C=O) groups excluding carboxylic acids is 1. The van der Waals surface area contributed by atoms with Crippen LogP contribution < -0.4 is 29.6 Å². The summed E-state index contributed by atoms with van der Waals surface area (Å²) in [5.41, 5.74) is 1.83. The Morgan fingerprint density at radius 1 is 0.977 bits per heavy atom. The smallest absolute Gasteiger partial charge is 0.319 e. The number of ether oxygens (including phenoxy) is 4. The van der Waals surface area contributed by atoms with Gasteiger partial charge >= 0.3 is 6.03 Å². The first-order chi connectivity index (χ1) is 21.5. The van der Waals surface area contributed by atoms with E-state index in [4.69, 9.17) is 30.5 Å². The number of aromatic nitrogens is 1. The third kappa shape index (κ3) is 7.26. The number of likely N-dealkylation sites (tertiary alicyclic amines) is 1. The second kappa shape index (κ2) is 14.0. The lowest BCUT2D eigenvalue weighted by Crippen LogP contribution is -2.31. The van der Waals surface area contributed by atoms with Gasteiger partial charge in [-0.25, -0.2) is 9.18 Å². The number of halogens is 2. The predicted molar refractivity (Wildman–Crippen MR) is 167 cm³/mol. The van der Waals surface area contributed by atoms with Crippen molar-refractivity contribution in [3.63, 3.8) is 0 Å². The number of hydrogen-bond acceptors (Lipinski definition) is 7. The largest absolute Gasteiger partial charge is 0.489 e. The maximum Gasteiger partial charge on any atom is 0.319 e. The number of amides is 2. The van der Waals surface area contributed by atoms with E-state index in [1.807, 2.05) is 6.07 Å². The number of piperidine rings is 1. The number of hydrogen-bond donors (Lipinski definition) is 2. The van der Waals surface area contributed by atoms with E-state index in [0.717, 1.165) is 31.6 Å². The van der Waals surface area contributed by atoms with E-state index < -0.39 is 6.03 Å². The van der Waals surface area contributed by atoms with Gasteiger partial charge in [-0.3, -0.25) is 4.98 Å². The molecule has 9 nitrogen and oxygen atoms in total. The summed E-state index contributed by atoms with van der Waals surface area (Å²) >= 11 is 6.50. The Morgan fingerprint density at radius 2 is 1.77 bits per heavy atom. The zero-order chi connectivity index (χ0) is 30.3. The number of fused-ring (bicyclic) bond motifs is 3. The molecule has 1 fully saturated rings. The summed E-state index contributed by atoms with van der Waals surface area (Å²) in [6.07, 6.45) is 6.44. The zero-order valence-electron chi connectivity index (χ0n) is 24.2. The minimum atomic E-state index is -0.446. The van der Waals surface area contributed by atoms with Crippen molar-refractivity contribution in [3.05, 3.63) is 77.2 Å². The molecule has 4 aromatic rings. The summed E-state index contributed by atoms with van der Waals surface area (Å²) in [4.78, 5) is 19.5. The van der Waals surface area contributed by atoms with Crippen LogP contribution in [0.3, 0.4) is 0 Å². The summed E-state index contributed by atoms with van der Waals surface area (Å²) in [7, 11) is 0. The lowest BCUT2D eigenvalue weighted by atomic mass is 10.1. The van der Waals surface area contributed by atoms with Crippen molar-refractivity contribution in [2.75, 3.05) is 44.8 Å². The molecule has 11 heteroatoms. The fraction of sp³-hybridized carbons (Fsp3) is 0.333. The molecule has 0 bridgehead atoms. The number of urea groups is 1. The van der Waals surface area contributed by atoms with E-state index in [9.17, 15) is 9.18 Å². The summed E-state index contributed by atoms with van der Waals surface area (Å²) in [5.74, 6) is 2.33. The lowest BCUT2D eigenvalue weighted by molar-refractivity contribution is 0.161. The van der Waals surface area contributed by atoms with Gasteiger partial charge in [-0.15, -0.1) is 0 Å². The van der Waals surface area contributed by atoms with Crippen LogP contribution in [0.2, 0.25) is 5.02 Å². The first-order valence-electron chi connectivity index (χ1n) is 14.9. The molecule has 2 amide bonds. The third-order valence-corrected chi connectivity index (χ3v) is 7.86. The first-order valence-corrected chi connectivity index (χ1v) is 15.2. The summed E-state index contributed by atoms with van der Waals surface area (Å²) in [6.45, 7) is 4.95. The molecule has 0 spiro atoms. The van der Waals surface area contributed by atoms with Crippen molar-refractivity contribution in [2.24, 2.45) is 0 Å². The van der Waals surface area contributed by atoms with E-state index in [1.165, 1.54) is 31.4 Å². The number of anilines is 1. The van der Waals surface area contributed by atoms with Gasteiger partial charge in [0.2, 0.25) is 5.75 Å². The van der Waals surface area contributed by atoms with E-state index in [2.05, 4.69) is 20.5 Å². The monoisotopic (exact) mass is 620 g/mol. The highest BCUT2D eigenvalue weighted by Crippen LogP contribution is 2.48. The van der Waals surface area contributed by atoms with Gasteiger partial charge in [0.05, 0.1) is 28.2 Å². The topological polar surface area (TPSA) is 94.2 Å². The van der Waals surface area contributed by atoms with Crippen LogP contribution in [0.5, 0.6) is 28.7 Å². The molecule has 3 heterocycles. The summed E-state index contributed by atoms with van der Waals surface area (Å²) in [5, 5.41) is 6.41. The van der Waals surface area contributed by atoms with E-state index in [1.54, 1.807) is 42.6 Å². The SMILES string of the molecule is O=C(NCc1ccc(F)cc1)Nc1ccc(Oc2ccnc3cc(OCCCN4CCCCC4)c4c(c23)OCCO4)cc1Cl. The predicted octanol–water partition coefficient (Wildman–Crippen LogP) is 7.17. The molecule has 0 saturated carbocycles. The van der Waals surface area contributed by atoms with E-state index in [-0.39, 0.29) is 12.4 Å². The van der Waals surface area contributed by atoms with Crippen molar-refractivity contribution in [1.82, 2.24) is 15.2 Å². The van der Waals surface area contributed by atoms with Crippen LogP contribution in [0.25, 0.3) is 10.9 Å². The van der Waals surface area contributed by atoms with Gasteiger partial charge in [0.15, 0.2) is 11.5 Å². The molecule has 44 heavy (non-hydrogen) atoms. The molecule has 0 atom stereocenters. The molecule has 1 saturated heterocycles. The Morgan fingerprint density at radius 3 is 2.57 bits per heavy atom. The molecule has 0 radical (unpaired) electrons. The molecule has 0 aliphatic carbocycles. The van der Waals surface area contributed by atoms with Crippen LogP contribution in [0.15, 0.2) is 60.8 Å². The number of nitrogens with zero attached hydrogens (tertiary/aromatic N) is 2. The van der Waals surface area contributed by atoms with Crippen LogP contribution in [0.1, 0.15) is 31.2 Å². The average Bonchev–Trinajstić information content (AvgIpc) is 3.04. The van der Waals surface area contributed by atoms with Gasteiger partial charge in [0.1, 0.15) is 30.5 Å². The van der Waals surface area contributed by atoms with Crippen LogP contribution >= 0.6 is 11.6 Å². The second-order valence-electron chi connectivity index (χ2n) is 10.7. The standard InChI is InChI=1S/C33H34ClFN4O5/c34-25-19-24(9-10-26(25)38-33(40)37-21-22-5-7-23(35)8-6-22)44-28-11-12-36-27-20-29(31-32(30(27)28)43-18-17-42-31)41-16-4-15-39-13-2-1-3-14-39/h5-12,19-20H,1-4,13-18,21H2,(H2,37,38,40). The molecule has 2 aliphatic heterocycles. The number of pyridine rings is 1. The Bertz CT molecular complexity index is 1610. The highest BCUT2D eigenvalue weighted by Gasteiger charge is 2.25. The van der Waals surface area contributed by atoms with Gasteiger partial charge in [-0.05, 0) is 68.2 Å². The molecule has 3 aromatic carbocycles. The fourth-order valence-electron chi connectivity index (χ4n) is 5.36. The number of carbonyl (C=O) groups is 1. The Balaban J connectivity index is 1.13. The first kappa shape index (κ1) is 29.8. The van der Waals surface area contributed by atoms with Gasteiger partial charge in [0, 0.05) is 31.4 Å². The molecule has 0 unspecified atom stereocenters. The maximum atomic E-state index is 13.1. The van der Waals surface area contributed by atoms with Crippen LogP contribution in [0, 0.1) is 5.82 Å². The molecular formula is C33H34ClFN4O5. The highest BCUT2D eigenvalue weighted by atomic mass is 35.5. The lowest BCUT2D eigenvalue weighted by Gasteiger charge is -2.26. The van der Waals surface area contributed by atoms with Crippen molar-refractivity contribution >= 4 is 34.2 Å². The Labute approximate surface area is 260 Å². The quantitative estimate of drug-likeness (QED) is 0.182. The normalized spacial score (nSPS) is 14.7. The minimum Gasteiger partial charge on any atom is -0.489 e. The van der Waals surface area contributed by atoms with Crippen LogP contribution in [-0.4, -0.2) is 55.4 Å². The molecule has 6 rings (SSSR count). The molecule has 230 valence electrons. The summed E-state index contributed by atoms with van der Waals surface area (Å²) in [6, 6.07) is 14.1. The van der Waals surface area contributed by atoms with Crippen molar-refractivity contribution in [3.8, 4) is 28.7 Å². The number of benzene rings is 3. The molecule has 2 aliphatic rings. The minimum absolute atomic E-state index is 0.238. The van der Waals surface area contributed by atoms with Crippen LogP contribution in [-0.2, 0) is 6.54 Å². The molecule has 2 N–H and O–H groups in total. The van der Waals surface area contributed by atoms with Crippen LogP contribution in [0.4, 0.5) is 14.9 Å². The van der Waals surface area contributed by atoms with Crippen molar-refractivity contribution in [1.29, 1.82) is 0 Å². The molecular weight excluding hydrogens is 587 g/mol. The van der Waals surface area contributed by atoms with Gasteiger partial charge in [-0.2, -0.15) is 0 Å². The van der Waals surface area contributed by atoms with Gasteiger partial charge in [0.25, 0.3) is 0 Å². The Hall–Kier alpha value is -4.28. The van der Waals surface area contributed by atoms with Crippen molar-refractivity contribution < 1.29 is 28.1 Å².